The van der Waals surface area contributed by atoms with Gasteiger partial charge in [0.05, 0.1) is 0 Å². The molecule has 0 aromatic heterocycles. The van der Waals surface area contributed by atoms with Crippen molar-refractivity contribution in [1.29, 1.82) is 0 Å². The molecule has 0 radical (unpaired) electrons. The van der Waals surface area contributed by atoms with E-state index in [1.807, 2.05) is 6.07 Å². The van der Waals surface area contributed by atoms with E-state index in [0.717, 1.165) is 23.0 Å². The van der Waals surface area contributed by atoms with Crippen LogP contribution in [-0.4, -0.2) is 6.04 Å². The second-order valence-corrected chi connectivity index (χ2v) is 5.00. The third-order valence-corrected chi connectivity index (χ3v) is 3.60. The Bertz CT molecular complexity index is 344. The van der Waals surface area contributed by atoms with Crippen molar-refractivity contribution >= 4 is 11.6 Å². The minimum absolute atomic E-state index is 0.654. The summed E-state index contributed by atoms with van der Waals surface area (Å²) in [7, 11) is 0. The van der Waals surface area contributed by atoms with Gasteiger partial charge in [-0.1, -0.05) is 23.7 Å². The molecule has 82 valence electrons. The van der Waals surface area contributed by atoms with Gasteiger partial charge in [-0.15, -0.1) is 0 Å². The fraction of sp³-hybridized carbons (Fsp3) is 0.538. The van der Waals surface area contributed by atoms with Gasteiger partial charge in [0.1, 0.15) is 0 Å². The molecule has 1 aliphatic rings. The maximum atomic E-state index is 5.98. The first-order valence-corrected chi connectivity index (χ1v) is 6.03. The van der Waals surface area contributed by atoms with Crippen molar-refractivity contribution in [2.75, 3.05) is 0 Å². The topological polar surface area (TPSA) is 12.0 Å². The third kappa shape index (κ3) is 2.96. The summed E-state index contributed by atoms with van der Waals surface area (Å²) in [5.74, 6) is 0.915. The summed E-state index contributed by atoms with van der Waals surface area (Å²) in [5.41, 5.74) is 2.49. The zero-order valence-corrected chi connectivity index (χ0v) is 10.1. The van der Waals surface area contributed by atoms with Gasteiger partial charge in [0.15, 0.2) is 0 Å². The summed E-state index contributed by atoms with van der Waals surface area (Å²) < 4.78 is 0. The van der Waals surface area contributed by atoms with Crippen molar-refractivity contribution in [3.63, 3.8) is 0 Å². The van der Waals surface area contributed by atoms with Crippen molar-refractivity contribution in [3.8, 4) is 0 Å². The van der Waals surface area contributed by atoms with Gasteiger partial charge >= 0.3 is 0 Å². The number of halogens is 1. The van der Waals surface area contributed by atoms with E-state index in [1.54, 1.807) is 0 Å². The Hall–Kier alpha value is -0.530. The highest BCUT2D eigenvalue weighted by Crippen LogP contribution is 2.32. The standard InChI is InChI=1S/C13H18ClN/c1-9-7-11(3-6-13(9)14)8-15-10(2)12-4-5-12/h3,6-7,10,12,15H,4-5,8H2,1-2H3. The first-order chi connectivity index (χ1) is 7.16. The van der Waals surface area contributed by atoms with Gasteiger partial charge in [-0.3, -0.25) is 0 Å². The van der Waals surface area contributed by atoms with Crippen molar-refractivity contribution in [2.45, 2.75) is 39.3 Å². The lowest BCUT2D eigenvalue weighted by Gasteiger charge is -2.13. The summed E-state index contributed by atoms with van der Waals surface area (Å²) in [6.07, 6.45) is 2.79. The van der Waals surface area contributed by atoms with Crippen molar-refractivity contribution < 1.29 is 0 Å². The van der Waals surface area contributed by atoms with Gasteiger partial charge < -0.3 is 5.32 Å². The van der Waals surface area contributed by atoms with E-state index in [4.69, 9.17) is 11.6 Å². The normalized spacial score (nSPS) is 17.8. The summed E-state index contributed by atoms with van der Waals surface area (Å²) in [6.45, 7) is 5.28. The van der Waals surface area contributed by atoms with E-state index in [1.165, 1.54) is 18.4 Å². The molecule has 1 atom stereocenters. The molecule has 2 heteroatoms. The van der Waals surface area contributed by atoms with Crippen LogP contribution in [-0.2, 0) is 6.54 Å². The Morgan fingerprint density at radius 2 is 2.20 bits per heavy atom. The SMILES string of the molecule is Cc1cc(CNC(C)C2CC2)ccc1Cl. The van der Waals surface area contributed by atoms with E-state index < -0.39 is 0 Å². The van der Waals surface area contributed by atoms with Crippen LogP contribution in [0.25, 0.3) is 0 Å². The minimum Gasteiger partial charge on any atom is -0.310 e. The zero-order valence-electron chi connectivity index (χ0n) is 9.39. The van der Waals surface area contributed by atoms with E-state index in [2.05, 4.69) is 31.3 Å². The average Bonchev–Trinajstić information content (AvgIpc) is 3.03. The van der Waals surface area contributed by atoms with E-state index in [9.17, 15) is 0 Å². The molecule has 0 amide bonds. The van der Waals surface area contributed by atoms with Gasteiger partial charge in [-0.25, -0.2) is 0 Å². The molecule has 0 spiro atoms. The molecule has 1 unspecified atom stereocenters. The Labute approximate surface area is 96.8 Å². The highest BCUT2D eigenvalue weighted by Gasteiger charge is 2.27. The van der Waals surface area contributed by atoms with Crippen LogP contribution >= 0.6 is 11.6 Å². The predicted molar refractivity (Wildman–Crippen MR) is 65.2 cm³/mol. The fourth-order valence-corrected chi connectivity index (χ4v) is 1.98. The molecule has 0 aliphatic heterocycles. The predicted octanol–water partition coefficient (Wildman–Crippen LogP) is 3.54. The molecule has 0 saturated heterocycles. The second-order valence-electron chi connectivity index (χ2n) is 4.59. The quantitative estimate of drug-likeness (QED) is 0.824. The molecule has 1 N–H and O–H groups in total. The molecule has 0 bridgehead atoms. The molecule has 2 rings (SSSR count). The molecule has 1 nitrogen and oxygen atoms in total. The Balaban J connectivity index is 1.89. The molecular formula is C13H18ClN. The Kier molecular flexibility index (Phi) is 3.32. The molecular weight excluding hydrogens is 206 g/mol. The molecule has 1 aliphatic carbocycles. The number of rotatable bonds is 4. The van der Waals surface area contributed by atoms with Gasteiger partial charge in [-0.05, 0) is 49.8 Å². The third-order valence-electron chi connectivity index (χ3n) is 3.18. The molecule has 1 aromatic carbocycles. The highest BCUT2D eigenvalue weighted by molar-refractivity contribution is 6.31. The van der Waals surface area contributed by atoms with Gasteiger partial charge in [0.25, 0.3) is 0 Å². The number of nitrogens with one attached hydrogen (secondary N) is 1. The summed E-state index contributed by atoms with van der Waals surface area (Å²) in [6, 6.07) is 6.90. The maximum absolute atomic E-state index is 5.98. The lowest BCUT2D eigenvalue weighted by molar-refractivity contribution is 0.496. The fourth-order valence-electron chi connectivity index (χ4n) is 1.86. The lowest BCUT2D eigenvalue weighted by atomic mass is 10.1. The second kappa shape index (κ2) is 4.54. The van der Waals surface area contributed by atoms with Crippen LogP contribution in [0.2, 0.25) is 5.02 Å². The number of benzene rings is 1. The molecule has 15 heavy (non-hydrogen) atoms. The van der Waals surface area contributed by atoms with Crippen LogP contribution in [0.4, 0.5) is 0 Å². The maximum Gasteiger partial charge on any atom is 0.0435 e. The van der Waals surface area contributed by atoms with E-state index in [-0.39, 0.29) is 0 Å². The number of aryl methyl sites for hydroxylation is 1. The van der Waals surface area contributed by atoms with Crippen molar-refractivity contribution in [3.05, 3.63) is 34.3 Å². The Morgan fingerprint density at radius 1 is 1.47 bits per heavy atom. The number of hydrogen-bond acceptors (Lipinski definition) is 1. The monoisotopic (exact) mass is 223 g/mol. The summed E-state index contributed by atoms with van der Waals surface area (Å²) in [4.78, 5) is 0. The molecule has 1 aromatic rings. The van der Waals surface area contributed by atoms with Crippen molar-refractivity contribution in [2.24, 2.45) is 5.92 Å². The summed E-state index contributed by atoms with van der Waals surface area (Å²) in [5, 5.41) is 4.42. The summed E-state index contributed by atoms with van der Waals surface area (Å²) >= 11 is 5.98. The van der Waals surface area contributed by atoms with Crippen LogP contribution in [0.3, 0.4) is 0 Å². The van der Waals surface area contributed by atoms with Gasteiger partial charge in [-0.2, -0.15) is 0 Å². The smallest absolute Gasteiger partial charge is 0.0435 e. The minimum atomic E-state index is 0.654. The van der Waals surface area contributed by atoms with Gasteiger partial charge in [0.2, 0.25) is 0 Å². The first kappa shape index (κ1) is 11.0. The molecule has 0 heterocycles. The van der Waals surface area contributed by atoms with Crippen LogP contribution < -0.4 is 5.32 Å². The van der Waals surface area contributed by atoms with Crippen LogP contribution in [0.5, 0.6) is 0 Å². The van der Waals surface area contributed by atoms with E-state index in [0.29, 0.717) is 6.04 Å². The zero-order chi connectivity index (χ0) is 10.8. The highest BCUT2D eigenvalue weighted by atomic mass is 35.5. The number of hydrogen-bond donors (Lipinski definition) is 1. The Morgan fingerprint density at radius 3 is 2.80 bits per heavy atom. The lowest BCUT2D eigenvalue weighted by Crippen LogP contribution is -2.27. The largest absolute Gasteiger partial charge is 0.310 e. The van der Waals surface area contributed by atoms with E-state index >= 15 is 0 Å². The average molecular weight is 224 g/mol. The van der Waals surface area contributed by atoms with Crippen LogP contribution in [0.15, 0.2) is 18.2 Å². The molecule has 1 fully saturated rings. The first-order valence-electron chi connectivity index (χ1n) is 5.65. The van der Waals surface area contributed by atoms with Crippen LogP contribution in [0, 0.1) is 12.8 Å². The van der Waals surface area contributed by atoms with Crippen molar-refractivity contribution in [1.82, 2.24) is 5.32 Å². The molecule has 1 saturated carbocycles. The van der Waals surface area contributed by atoms with Crippen LogP contribution in [0.1, 0.15) is 30.9 Å². The van der Waals surface area contributed by atoms with Gasteiger partial charge in [0, 0.05) is 17.6 Å².